The Kier molecular flexibility index (Phi) is 13.2. The maximum Gasteiger partial charge on any atom is 2.00 e. The SMILES string of the molecule is CC(C)c1cc(C(C)C)n([BH-](n2nc(C(C)C)cc2C(C)C)n2nc(C(C)C)cc2C(C)C)n1.C[Si](C)(C)[O-].[Co+2]. The molecule has 0 bridgehead atoms. The molecule has 0 fully saturated rings. The summed E-state index contributed by atoms with van der Waals surface area (Å²) in [5.74, 6) is 2.13. The van der Waals surface area contributed by atoms with Crippen LogP contribution in [-0.4, -0.2) is 44.5 Å². The van der Waals surface area contributed by atoms with E-state index < -0.39 is 15.4 Å². The molecule has 0 aliphatic rings. The maximum absolute atomic E-state index is 10.2. The monoisotopic (exact) mass is 613 g/mol. The molecule has 0 atom stereocenters. The van der Waals surface area contributed by atoms with Crippen molar-refractivity contribution in [3.8, 4) is 0 Å². The van der Waals surface area contributed by atoms with Gasteiger partial charge < -0.3 is 18.6 Å². The Balaban J connectivity index is 0.00000122. The van der Waals surface area contributed by atoms with Crippen LogP contribution in [0.2, 0.25) is 19.6 Å². The summed E-state index contributed by atoms with van der Waals surface area (Å²) < 4.78 is 6.81. The van der Waals surface area contributed by atoms with E-state index in [1.807, 2.05) is 0 Å². The fourth-order valence-electron chi connectivity index (χ4n) is 4.66. The van der Waals surface area contributed by atoms with Crippen LogP contribution < -0.4 is 4.80 Å². The van der Waals surface area contributed by atoms with Gasteiger partial charge in [-0.05, 0) is 53.7 Å². The molecule has 0 aromatic carbocycles. The minimum absolute atomic E-state index is 0. The third kappa shape index (κ3) is 9.19. The van der Waals surface area contributed by atoms with Crippen LogP contribution in [0.3, 0.4) is 0 Å². The van der Waals surface area contributed by atoms with Gasteiger partial charge in [-0.2, -0.15) is 0 Å². The molecule has 0 N–H and O–H groups in total. The molecular weight excluding hydrogens is 558 g/mol. The Labute approximate surface area is 256 Å². The zero-order valence-electron chi connectivity index (χ0n) is 27.8. The summed E-state index contributed by atoms with van der Waals surface area (Å²) in [6, 6.07) is 6.87. The molecule has 0 aliphatic heterocycles. The van der Waals surface area contributed by atoms with Gasteiger partial charge in [0.15, 0.2) is 0 Å². The number of aromatic nitrogens is 6. The van der Waals surface area contributed by atoms with Crippen molar-refractivity contribution in [1.29, 1.82) is 0 Å². The van der Waals surface area contributed by atoms with Gasteiger partial charge in [-0.1, -0.05) is 111 Å². The van der Waals surface area contributed by atoms with Crippen molar-refractivity contribution in [1.82, 2.24) is 29.1 Å². The second kappa shape index (κ2) is 14.5. The standard InChI is InChI=1S/C27H46BN6.C3H9OSi.Co/c1-16(2)22-13-25(19(7)8)32(29-22)28(33-26(20(9)10)14-23(30-33)17(3)4)34-27(21(11)12)15-24(31-34)18(5)6;1-5(2,3)4;/h13-21,28H,1-12H3;1-3H3;/q2*-1;+2. The molecule has 3 heterocycles. The normalized spacial score (nSPS) is 12.4. The Morgan fingerprint density at radius 2 is 0.725 bits per heavy atom. The Hall–Kier alpha value is -1.62. The van der Waals surface area contributed by atoms with Gasteiger partial charge in [-0.25, -0.2) is 15.3 Å². The van der Waals surface area contributed by atoms with Crippen molar-refractivity contribution >= 4 is 15.4 Å². The van der Waals surface area contributed by atoms with E-state index in [0.29, 0.717) is 35.5 Å². The van der Waals surface area contributed by atoms with Gasteiger partial charge in [0.25, 0.3) is 0 Å². The van der Waals surface area contributed by atoms with Gasteiger partial charge in [-0.15, -0.1) is 0 Å². The van der Waals surface area contributed by atoms with Crippen LogP contribution in [0.25, 0.3) is 0 Å². The van der Waals surface area contributed by atoms with E-state index in [2.05, 4.69) is 115 Å². The summed E-state index contributed by atoms with van der Waals surface area (Å²) in [5.41, 5.74) is 7.13. The number of nitrogens with zero attached hydrogens (tertiary/aromatic N) is 6. The molecule has 10 heteroatoms. The second-order valence-electron chi connectivity index (χ2n) is 13.9. The van der Waals surface area contributed by atoms with Crippen molar-refractivity contribution in [2.75, 3.05) is 0 Å². The molecule has 3 rings (SSSR count). The molecule has 0 unspecified atom stereocenters. The van der Waals surface area contributed by atoms with E-state index in [-0.39, 0.29) is 16.8 Å². The van der Waals surface area contributed by atoms with Gasteiger partial charge >= 0.3 is 23.9 Å². The van der Waals surface area contributed by atoms with Crippen molar-refractivity contribution < 1.29 is 21.6 Å². The first-order chi connectivity index (χ1) is 17.8. The molecule has 227 valence electrons. The van der Waals surface area contributed by atoms with Crippen LogP contribution in [0.5, 0.6) is 0 Å². The number of hydrogen-bond donors (Lipinski definition) is 0. The van der Waals surface area contributed by atoms with Crippen LogP contribution in [0.4, 0.5) is 0 Å². The van der Waals surface area contributed by atoms with Gasteiger partial charge in [0.05, 0.1) is 17.1 Å². The molecule has 0 amide bonds. The zero-order valence-corrected chi connectivity index (χ0v) is 29.9. The van der Waals surface area contributed by atoms with E-state index in [1.165, 1.54) is 17.1 Å². The fraction of sp³-hybridized carbons (Fsp3) is 0.700. The van der Waals surface area contributed by atoms with Gasteiger partial charge in [0, 0.05) is 17.1 Å². The van der Waals surface area contributed by atoms with E-state index in [1.54, 1.807) is 19.6 Å². The van der Waals surface area contributed by atoms with Crippen molar-refractivity contribution in [2.24, 2.45) is 0 Å². The van der Waals surface area contributed by atoms with Crippen LogP contribution in [-0.2, 0) is 16.8 Å². The molecule has 7 nitrogen and oxygen atoms in total. The summed E-state index contributed by atoms with van der Waals surface area (Å²) >= 11 is 0. The van der Waals surface area contributed by atoms with Crippen LogP contribution in [0.15, 0.2) is 18.2 Å². The van der Waals surface area contributed by atoms with E-state index in [0.717, 1.165) is 17.1 Å². The molecule has 40 heavy (non-hydrogen) atoms. The second-order valence-corrected chi connectivity index (χ2v) is 18.2. The fourth-order valence-corrected chi connectivity index (χ4v) is 4.66. The summed E-state index contributed by atoms with van der Waals surface area (Å²) in [7, 11) is -3.32. The number of hydrogen-bond acceptors (Lipinski definition) is 4. The topological polar surface area (TPSA) is 76.5 Å². The molecule has 0 spiro atoms. The Bertz CT molecular complexity index is 1060. The van der Waals surface area contributed by atoms with Crippen LogP contribution in [0.1, 0.15) is 153 Å². The largest absolute Gasteiger partial charge is 2.00 e. The molecule has 1 radical (unpaired) electrons. The predicted molar refractivity (Wildman–Crippen MR) is 168 cm³/mol. The van der Waals surface area contributed by atoms with E-state index >= 15 is 0 Å². The van der Waals surface area contributed by atoms with Gasteiger partial charge in [0.1, 0.15) is 0 Å². The molecule has 3 aromatic heterocycles. The summed E-state index contributed by atoms with van der Waals surface area (Å²) in [5, 5.41) is 15.7. The van der Waals surface area contributed by atoms with E-state index in [4.69, 9.17) is 15.3 Å². The quantitative estimate of drug-likeness (QED) is 0.247. The Morgan fingerprint density at radius 1 is 0.525 bits per heavy atom. The first kappa shape index (κ1) is 36.4. The Morgan fingerprint density at radius 3 is 0.875 bits per heavy atom. The zero-order chi connectivity index (χ0) is 30.0. The van der Waals surface area contributed by atoms with Crippen molar-refractivity contribution in [3.05, 3.63) is 52.4 Å². The predicted octanol–water partition coefficient (Wildman–Crippen LogP) is 6.86. The number of rotatable bonds is 9. The molecular formula is C30H55BCoN6OSi. The maximum atomic E-state index is 10.2. The smallest absolute Gasteiger partial charge is 0.859 e. The molecule has 3 aromatic rings. The van der Waals surface area contributed by atoms with Crippen molar-refractivity contribution in [3.63, 3.8) is 0 Å². The first-order valence-corrected chi connectivity index (χ1v) is 18.4. The van der Waals surface area contributed by atoms with Gasteiger partial charge in [-0.3, -0.25) is 0 Å². The van der Waals surface area contributed by atoms with Crippen LogP contribution >= 0.6 is 0 Å². The minimum Gasteiger partial charge on any atom is -0.859 e. The molecule has 0 saturated heterocycles. The average molecular weight is 614 g/mol. The average Bonchev–Trinajstić information content (AvgIpc) is 3.50. The minimum atomic E-state index is -1.86. The summed E-state index contributed by atoms with van der Waals surface area (Å²) in [6.45, 7) is 32.2. The third-order valence-electron chi connectivity index (χ3n) is 6.84. The van der Waals surface area contributed by atoms with Crippen molar-refractivity contribution in [2.45, 2.75) is 138 Å². The first-order valence-electron chi connectivity index (χ1n) is 15.0. The van der Waals surface area contributed by atoms with Gasteiger partial charge in [0.2, 0.25) is 0 Å². The summed E-state index contributed by atoms with van der Waals surface area (Å²) in [6.07, 6.45) is 0. The molecule has 0 saturated carbocycles. The van der Waals surface area contributed by atoms with Crippen LogP contribution in [0, 0.1) is 0 Å². The molecule has 0 aliphatic carbocycles. The van der Waals surface area contributed by atoms with E-state index in [9.17, 15) is 4.80 Å². The summed E-state index contributed by atoms with van der Waals surface area (Å²) in [4.78, 5) is 10.2. The third-order valence-corrected chi connectivity index (χ3v) is 6.84.